The number of ketones is 1. The first kappa shape index (κ1) is 13.5. The number of Topliss-reactive ketones (excluding diaryl/α,β-unsaturated/α-hetero) is 1. The largest absolute Gasteiger partial charge is 0.394 e. The normalized spacial score (nSPS) is 49.1. The standard InChI is InChI=1S/C8H15NO7/c1-3(11)8(15)7(9,14)6(13)5(12)4(2-10)16-8/h4-6,10,12-15H,2,9H2,1H3/t4-,5-,6+,7-,8-/m1/s1. The number of aliphatic hydroxyl groups excluding tert-OH is 3. The number of carbonyl (C=O) groups is 1. The first-order valence-corrected chi connectivity index (χ1v) is 4.58. The van der Waals surface area contributed by atoms with Crippen molar-refractivity contribution in [3.05, 3.63) is 0 Å². The Morgan fingerprint density at radius 2 is 1.94 bits per heavy atom. The predicted molar refractivity (Wildman–Crippen MR) is 48.7 cm³/mol. The molecule has 0 aromatic rings. The highest BCUT2D eigenvalue weighted by atomic mass is 16.7. The van der Waals surface area contributed by atoms with Crippen LogP contribution in [0.3, 0.4) is 0 Å². The third kappa shape index (κ3) is 1.64. The van der Waals surface area contributed by atoms with E-state index < -0.39 is 42.2 Å². The fourth-order valence-corrected chi connectivity index (χ4v) is 1.56. The summed E-state index contributed by atoms with van der Waals surface area (Å²) in [6.45, 7) is 0.126. The van der Waals surface area contributed by atoms with Crippen molar-refractivity contribution in [3.8, 4) is 0 Å². The minimum Gasteiger partial charge on any atom is -0.394 e. The summed E-state index contributed by atoms with van der Waals surface area (Å²) in [5.74, 6) is -3.93. The maximum absolute atomic E-state index is 11.2. The van der Waals surface area contributed by atoms with Gasteiger partial charge in [0.1, 0.15) is 18.3 Å². The second-order valence-electron chi connectivity index (χ2n) is 3.80. The average Bonchev–Trinajstić information content (AvgIpc) is 2.21. The number of hydrogen-bond donors (Lipinski definition) is 6. The van der Waals surface area contributed by atoms with E-state index >= 15 is 0 Å². The van der Waals surface area contributed by atoms with Crippen molar-refractivity contribution < 1.29 is 35.1 Å². The van der Waals surface area contributed by atoms with Crippen molar-refractivity contribution in [1.82, 2.24) is 0 Å². The van der Waals surface area contributed by atoms with Crippen LogP contribution < -0.4 is 5.73 Å². The molecule has 0 unspecified atom stereocenters. The number of nitrogens with two attached hydrogens (primary N) is 1. The average molecular weight is 237 g/mol. The second-order valence-corrected chi connectivity index (χ2v) is 3.80. The molecular formula is C8H15NO7. The fourth-order valence-electron chi connectivity index (χ4n) is 1.56. The molecule has 0 aliphatic carbocycles. The SMILES string of the molecule is CC(=O)[C@@]1(O)O[C@H](CO)[C@@H](O)[C@H](O)[C@@]1(N)O. The summed E-state index contributed by atoms with van der Waals surface area (Å²) < 4.78 is 4.65. The van der Waals surface area contributed by atoms with E-state index in [-0.39, 0.29) is 0 Å². The minimum absolute atomic E-state index is 0.760. The Hall–Kier alpha value is -0.610. The van der Waals surface area contributed by atoms with Crippen LogP contribution in [0, 0.1) is 0 Å². The quantitative estimate of drug-likeness (QED) is 0.266. The van der Waals surface area contributed by atoms with E-state index in [4.69, 9.17) is 10.8 Å². The number of ether oxygens (including phenoxy) is 1. The van der Waals surface area contributed by atoms with Crippen LogP contribution in [0.1, 0.15) is 6.92 Å². The minimum atomic E-state index is -2.88. The molecule has 1 heterocycles. The molecule has 5 atom stereocenters. The molecular weight excluding hydrogens is 222 g/mol. The van der Waals surface area contributed by atoms with Gasteiger partial charge in [-0.3, -0.25) is 10.5 Å². The molecule has 8 heteroatoms. The highest BCUT2D eigenvalue weighted by molar-refractivity contribution is 5.84. The zero-order valence-electron chi connectivity index (χ0n) is 8.57. The van der Waals surface area contributed by atoms with Crippen molar-refractivity contribution >= 4 is 5.78 Å². The molecule has 0 saturated carbocycles. The first-order chi connectivity index (χ1) is 7.18. The van der Waals surface area contributed by atoms with E-state index in [0.717, 1.165) is 6.92 Å². The molecule has 16 heavy (non-hydrogen) atoms. The van der Waals surface area contributed by atoms with E-state index in [1.807, 2.05) is 0 Å². The van der Waals surface area contributed by atoms with Crippen molar-refractivity contribution in [1.29, 1.82) is 0 Å². The molecule has 1 aliphatic rings. The van der Waals surface area contributed by atoms with E-state index in [9.17, 15) is 25.2 Å². The smallest absolute Gasteiger partial charge is 0.273 e. The number of aliphatic hydroxyl groups is 5. The van der Waals surface area contributed by atoms with Gasteiger partial charge in [-0.05, 0) is 0 Å². The van der Waals surface area contributed by atoms with E-state index in [2.05, 4.69) is 4.74 Å². The molecule has 1 aliphatic heterocycles. The Bertz CT molecular complexity index is 294. The summed E-state index contributed by atoms with van der Waals surface area (Å²) in [4.78, 5) is 11.2. The van der Waals surface area contributed by atoms with Gasteiger partial charge >= 0.3 is 0 Å². The molecule has 8 nitrogen and oxygen atoms in total. The predicted octanol–water partition coefficient (Wildman–Crippen LogP) is -3.98. The Kier molecular flexibility index (Phi) is 3.37. The zero-order chi connectivity index (χ0) is 12.7. The van der Waals surface area contributed by atoms with Gasteiger partial charge in [0.25, 0.3) is 5.79 Å². The van der Waals surface area contributed by atoms with Crippen LogP contribution in [0.2, 0.25) is 0 Å². The molecule has 1 rings (SSSR count). The van der Waals surface area contributed by atoms with Crippen LogP contribution in [-0.4, -0.2) is 67.7 Å². The number of carbonyl (C=O) groups excluding carboxylic acids is 1. The molecule has 0 bridgehead atoms. The van der Waals surface area contributed by atoms with Crippen molar-refractivity contribution in [2.75, 3.05) is 6.61 Å². The van der Waals surface area contributed by atoms with Crippen LogP contribution >= 0.6 is 0 Å². The highest BCUT2D eigenvalue weighted by Gasteiger charge is 2.64. The van der Waals surface area contributed by atoms with E-state index in [1.165, 1.54) is 0 Å². The lowest BCUT2D eigenvalue weighted by Crippen LogP contribution is -2.79. The molecule has 1 fully saturated rings. The van der Waals surface area contributed by atoms with Crippen molar-refractivity contribution in [2.45, 2.75) is 36.7 Å². The van der Waals surface area contributed by atoms with Gasteiger partial charge < -0.3 is 30.3 Å². The van der Waals surface area contributed by atoms with Crippen LogP contribution in [0.5, 0.6) is 0 Å². The van der Waals surface area contributed by atoms with Gasteiger partial charge in [-0.1, -0.05) is 0 Å². The summed E-state index contributed by atoms with van der Waals surface area (Å²) in [5.41, 5.74) is 2.32. The van der Waals surface area contributed by atoms with Crippen LogP contribution in [0.25, 0.3) is 0 Å². The highest BCUT2D eigenvalue weighted by Crippen LogP contribution is 2.33. The van der Waals surface area contributed by atoms with Gasteiger partial charge in [-0.2, -0.15) is 0 Å². The third-order valence-corrected chi connectivity index (χ3v) is 2.68. The molecule has 0 aromatic heterocycles. The van der Waals surface area contributed by atoms with E-state index in [1.54, 1.807) is 0 Å². The lowest BCUT2D eigenvalue weighted by atomic mass is 9.85. The van der Waals surface area contributed by atoms with Gasteiger partial charge in [0.05, 0.1) is 6.61 Å². The second kappa shape index (κ2) is 4.00. The lowest BCUT2D eigenvalue weighted by Gasteiger charge is -2.49. The molecule has 0 radical (unpaired) electrons. The van der Waals surface area contributed by atoms with Crippen molar-refractivity contribution in [3.63, 3.8) is 0 Å². The van der Waals surface area contributed by atoms with Gasteiger partial charge in [-0.25, -0.2) is 0 Å². The summed E-state index contributed by atoms with van der Waals surface area (Å²) in [6, 6.07) is 0. The Morgan fingerprint density at radius 1 is 1.44 bits per heavy atom. The van der Waals surface area contributed by atoms with Crippen molar-refractivity contribution in [2.24, 2.45) is 5.73 Å². The number of rotatable bonds is 2. The van der Waals surface area contributed by atoms with Gasteiger partial charge in [0, 0.05) is 6.92 Å². The lowest BCUT2D eigenvalue weighted by molar-refractivity contribution is -0.367. The topological polar surface area (TPSA) is 153 Å². The fraction of sp³-hybridized carbons (Fsp3) is 0.875. The van der Waals surface area contributed by atoms with Gasteiger partial charge in [-0.15, -0.1) is 0 Å². The molecule has 0 aromatic carbocycles. The maximum Gasteiger partial charge on any atom is 0.273 e. The molecule has 0 amide bonds. The first-order valence-electron chi connectivity index (χ1n) is 4.58. The van der Waals surface area contributed by atoms with Crippen LogP contribution in [0.4, 0.5) is 0 Å². The Balaban J connectivity index is 3.15. The summed E-state index contributed by atoms with van der Waals surface area (Å²) in [6.07, 6.45) is -5.18. The molecule has 1 saturated heterocycles. The monoisotopic (exact) mass is 237 g/mol. The molecule has 7 N–H and O–H groups in total. The van der Waals surface area contributed by atoms with Crippen LogP contribution in [0.15, 0.2) is 0 Å². The summed E-state index contributed by atoms with van der Waals surface area (Å²) in [7, 11) is 0. The Morgan fingerprint density at radius 3 is 2.31 bits per heavy atom. The number of hydrogen-bond acceptors (Lipinski definition) is 8. The summed E-state index contributed by atoms with van der Waals surface area (Å²) in [5, 5.41) is 47.0. The van der Waals surface area contributed by atoms with Gasteiger partial charge in [0.15, 0.2) is 5.78 Å². The maximum atomic E-state index is 11.2. The van der Waals surface area contributed by atoms with Crippen LogP contribution in [-0.2, 0) is 9.53 Å². The Labute approximate surface area is 90.9 Å². The zero-order valence-corrected chi connectivity index (χ0v) is 8.57. The summed E-state index contributed by atoms with van der Waals surface area (Å²) >= 11 is 0. The van der Waals surface area contributed by atoms with E-state index in [0.29, 0.717) is 0 Å². The third-order valence-electron chi connectivity index (χ3n) is 2.68. The molecule has 94 valence electrons. The van der Waals surface area contributed by atoms with Gasteiger partial charge in [0.2, 0.25) is 5.72 Å². The molecule has 0 spiro atoms.